The summed E-state index contributed by atoms with van der Waals surface area (Å²) < 4.78 is 13.0. The maximum Gasteiger partial charge on any atom is 0.256 e. The average Bonchev–Trinajstić information content (AvgIpc) is 3.42. The summed E-state index contributed by atoms with van der Waals surface area (Å²) in [5.41, 5.74) is 2.64. The van der Waals surface area contributed by atoms with Crippen molar-refractivity contribution in [3.8, 4) is 22.1 Å². The molecule has 1 aromatic carbocycles. The van der Waals surface area contributed by atoms with Crippen molar-refractivity contribution in [2.75, 3.05) is 18.5 Å². The van der Waals surface area contributed by atoms with E-state index in [0.717, 1.165) is 16.0 Å². The zero-order valence-corrected chi connectivity index (χ0v) is 16.5. The topological polar surface area (TPSA) is 78.3 Å². The summed E-state index contributed by atoms with van der Waals surface area (Å²) in [6.45, 7) is 3.70. The number of carbonyl (C=O) groups is 1. The number of aromatic nitrogens is 3. The molecule has 0 unspecified atom stereocenters. The van der Waals surface area contributed by atoms with Crippen molar-refractivity contribution in [2.45, 2.75) is 13.5 Å². The van der Waals surface area contributed by atoms with Crippen LogP contribution in [0.1, 0.15) is 17.3 Å². The zero-order chi connectivity index (χ0) is 19.8. The van der Waals surface area contributed by atoms with Gasteiger partial charge in [0.1, 0.15) is 13.2 Å². The van der Waals surface area contributed by atoms with Gasteiger partial charge >= 0.3 is 0 Å². The number of fused-ring (bicyclic) bond motifs is 2. The van der Waals surface area contributed by atoms with Gasteiger partial charge in [-0.2, -0.15) is 5.10 Å². The molecule has 1 N–H and O–H groups in total. The molecule has 0 aliphatic carbocycles. The Labute approximate surface area is 170 Å². The predicted molar refractivity (Wildman–Crippen MR) is 112 cm³/mol. The number of anilines is 1. The van der Waals surface area contributed by atoms with Crippen LogP contribution in [0.5, 0.6) is 11.5 Å². The lowest BCUT2D eigenvalue weighted by Crippen LogP contribution is -2.16. The van der Waals surface area contributed by atoms with Crippen molar-refractivity contribution >= 4 is 34.0 Å². The number of nitrogens with one attached hydrogen (secondary N) is 1. The van der Waals surface area contributed by atoms with E-state index in [2.05, 4.69) is 10.4 Å². The summed E-state index contributed by atoms with van der Waals surface area (Å²) in [6, 6.07) is 11.2. The fraction of sp³-hybridized carbons (Fsp3) is 0.190. The summed E-state index contributed by atoms with van der Waals surface area (Å²) in [4.78, 5) is 18.9. The maximum atomic E-state index is 13.2. The molecule has 3 aromatic heterocycles. The van der Waals surface area contributed by atoms with E-state index in [1.54, 1.807) is 40.4 Å². The molecule has 1 aliphatic heterocycles. The predicted octanol–water partition coefficient (Wildman–Crippen LogP) is 4.20. The summed E-state index contributed by atoms with van der Waals surface area (Å²) in [5.74, 6) is 1.10. The van der Waals surface area contributed by atoms with Crippen LogP contribution in [-0.2, 0) is 6.54 Å². The fourth-order valence-electron chi connectivity index (χ4n) is 3.34. The number of pyridine rings is 1. The molecule has 0 saturated carbocycles. The van der Waals surface area contributed by atoms with Crippen LogP contribution in [-0.4, -0.2) is 33.9 Å². The second kappa shape index (κ2) is 7.21. The third-order valence-electron chi connectivity index (χ3n) is 4.73. The molecule has 5 rings (SSSR count). The van der Waals surface area contributed by atoms with Gasteiger partial charge in [0, 0.05) is 18.3 Å². The Morgan fingerprint density at radius 1 is 1.21 bits per heavy atom. The van der Waals surface area contributed by atoms with Gasteiger partial charge in [-0.3, -0.25) is 4.79 Å². The Morgan fingerprint density at radius 3 is 2.86 bits per heavy atom. The average molecular weight is 406 g/mol. The molecular formula is C21H18N4O3S. The number of nitrogens with zero attached hydrogens (tertiary/aromatic N) is 3. The largest absolute Gasteiger partial charge is 0.486 e. The minimum absolute atomic E-state index is 0.220. The van der Waals surface area contributed by atoms with Gasteiger partial charge in [0.25, 0.3) is 5.91 Å². The minimum Gasteiger partial charge on any atom is -0.486 e. The van der Waals surface area contributed by atoms with Crippen LogP contribution in [0.15, 0.2) is 48.0 Å². The summed E-state index contributed by atoms with van der Waals surface area (Å²) >= 11 is 1.59. The fourth-order valence-corrected chi connectivity index (χ4v) is 4.02. The third-order valence-corrected chi connectivity index (χ3v) is 5.62. The van der Waals surface area contributed by atoms with Crippen LogP contribution in [0.2, 0.25) is 0 Å². The quantitative estimate of drug-likeness (QED) is 0.549. The summed E-state index contributed by atoms with van der Waals surface area (Å²) in [5, 5.41) is 10.1. The van der Waals surface area contributed by atoms with E-state index >= 15 is 0 Å². The molecule has 4 aromatic rings. The molecule has 146 valence electrons. The lowest BCUT2D eigenvalue weighted by Gasteiger charge is -2.19. The van der Waals surface area contributed by atoms with Gasteiger partial charge in [0.2, 0.25) is 0 Å². The normalized spacial score (nSPS) is 12.9. The molecule has 7 nitrogen and oxygen atoms in total. The van der Waals surface area contributed by atoms with E-state index < -0.39 is 0 Å². The molecule has 0 radical (unpaired) electrons. The van der Waals surface area contributed by atoms with E-state index in [1.807, 2.05) is 30.5 Å². The van der Waals surface area contributed by atoms with E-state index in [1.165, 1.54) is 0 Å². The van der Waals surface area contributed by atoms with Gasteiger partial charge in [-0.1, -0.05) is 6.07 Å². The molecule has 0 saturated heterocycles. The molecule has 1 amide bonds. The van der Waals surface area contributed by atoms with Crippen LogP contribution in [0.25, 0.3) is 21.6 Å². The van der Waals surface area contributed by atoms with Crippen molar-refractivity contribution in [1.82, 2.24) is 14.8 Å². The highest BCUT2D eigenvalue weighted by Gasteiger charge is 2.19. The standard InChI is InChI=1S/C21H18N4O3S/c1-2-25-20-15(12-22-25)14(11-16(24-20)19-4-3-9-29-19)21(26)23-13-5-6-17-18(10-13)28-8-7-27-17/h3-6,9-12H,2,7-8H2,1H3,(H,23,26). The van der Waals surface area contributed by atoms with E-state index in [0.29, 0.717) is 48.2 Å². The first kappa shape index (κ1) is 17.7. The first-order valence-corrected chi connectivity index (χ1v) is 10.2. The van der Waals surface area contributed by atoms with Gasteiger partial charge in [-0.05, 0) is 36.6 Å². The Hall–Kier alpha value is -3.39. The Bertz CT molecular complexity index is 1200. The highest BCUT2D eigenvalue weighted by atomic mass is 32.1. The minimum atomic E-state index is -0.220. The number of carbonyl (C=O) groups excluding carboxylic acids is 1. The van der Waals surface area contributed by atoms with E-state index in [4.69, 9.17) is 14.5 Å². The van der Waals surface area contributed by atoms with Crippen LogP contribution in [0.4, 0.5) is 5.69 Å². The molecule has 8 heteroatoms. The number of benzene rings is 1. The first-order chi connectivity index (χ1) is 14.2. The van der Waals surface area contributed by atoms with Gasteiger partial charge < -0.3 is 14.8 Å². The lowest BCUT2D eigenvalue weighted by atomic mass is 10.1. The molecule has 0 atom stereocenters. The maximum absolute atomic E-state index is 13.2. The van der Waals surface area contributed by atoms with E-state index in [-0.39, 0.29) is 5.91 Å². The number of amides is 1. The molecule has 0 fully saturated rings. The Balaban J connectivity index is 1.55. The Morgan fingerprint density at radius 2 is 2.07 bits per heavy atom. The highest BCUT2D eigenvalue weighted by molar-refractivity contribution is 7.13. The molecular weight excluding hydrogens is 388 g/mol. The molecule has 4 heterocycles. The summed E-state index contributed by atoms with van der Waals surface area (Å²) in [6.07, 6.45) is 1.70. The molecule has 1 aliphatic rings. The smallest absolute Gasteiger partial charge is 0.256 e. The van der Waals surface area contributed by atoms with Crippen LogP contribution < -0.4 is 14.8 Å². The van der Waals surface area contributed by atoms with Crippen LogP contribution >= 0.6 is 11.3 Å². The Kier molecular flexibility index (Phi) is 4.40. The van der Waals surface area contributed by atoms with Crippen molar-refractivity contribution in [3.63, 3.8) is 0 Å². The van der Waals surface area contributed by atoms with Crippen molar-refractivity contribution in [3.05, 3.63) is 53.5 Å². The van der Waals surface area contributed by atoms with Crippen LogP contribution in [0.3, 0.4) is 0 Å². The number of hydrogen-bond donors (Lipinski definition) is 1. The second-order valence-electron chi connectivity index (χ2n) is 6.54. The second-order valence-corrected chi connectivity index (χ2v) is 7.49. The van der Waals surface area contributed by atoms with Gasteiger partial charge in [0.15, 0.2) is 17.1 Å². The monoisotopic (exact) mass is 406 g/mol. The van der Waals surface area contributed by atoms with E-state index in [9.17, 15) is 4.79 Å². The SMILES string of the molecule is CCn1ncc2c(C(=O)Nc3ccc4c(c3)OCCO4)cc(-c3cccs3)nc21. The zero-order valence-electron chi connectivity index (χ0n) is 15.7. The first-order valence-electron chi connectivity index (χ1n) is 9.34. The molecule has 0 bridgehead atoms. The summed E-state index contributed by atoms with van der Waals surface area (Å²) in [7, 11) is 0. The lowest BCUT2D eigenvalue weighted by molar-refractivity contribution is 0.102. The van der Waals surface area contributed by atoms with Crippen molar-refractivity contribution in [1.29, 1.82) is 0 Å². The number of aryl methyl sites for hydroxylation is 1. The number of rotatable bonds is 4. The number of hydrogen-bond acceptors (Lipinski definition) is 6. The number of ether oxygens (including phenoxy) is 2. The highest BCUT2D eigenvalue weighted by Crippen LogP contribution is 2.33. The van der Waals surface area contributed by atoms with Gasteiger partial charge in [0.05, 0.1) is 27.7 Å². The van der Waals surface area contributed by atoms with Crippen LogP contribution in [0, 0.1) is 0 Å². The van der Waals surface area contributed by atoms with Gasteiger partial charge in [-0.15, -0.1) is 11.3 Å². The van der Waals surface area contributed by atoms with Crippen molar-refractivity contribution < 1.29 is 14.3 Å². The van der Waals surface area contributed by atoms with Crippen molar-refractivity contribution in [2.24, 2.45) is 0 Å². The number of thiophene rings is 1. The molecule has 0 spiro atoms. The van der Waals surface area contributed by atoms with Gasteiger partial charge in [-0.25, -0.2) is 9.67 Å². The third kappa shape index (κ3) is 3.21. The molecule has 29 heavy (non-hydrogen) atoms.